The molecule has 86 valence electrons. The maximum Gasteiger partial charge on any atom is 0.192 e. The van der Waals surface area contributed by atoms with Gasteiger partial charge >= 0.3 is 0 Å². The average Bonchev–Trinajstić information content (AvgIpc) is 2.64. The van der Waals surface area contributed by atoms with Gasteiger partial charge in [0.1, 0.15) is 5.52 Å². The SMILES string of the molecule is Cc1nc2ccc(CCNCCO)cc2o1. The van der Waals surface area contributed by atoms with E-state index in [2.05, 4.69) is 16.4 Å². The van der Waals surface area contributed by atoms with Crippen LogP contribution < -0.4 is 5.32 Å². The summed E-state index contributed by atoms with van der Waals surface area (Å²) < 4.78 is 5.46. The maximum atomic E-state index is 8.62. The zero-order chi connectivity index (χ0) is 11.4. The van der Waals surface area contributed by atoms with E-state index < -0.39 is 0 Å². The van der Waals surface area contributed by atoms with Crippen LogP contribution in [0.4, 0.5) is 0 Å². The molecule has 0 spiro atoms. The number of fused-ring (bicyclic) bond motifs is 1. The highest BCUT2D eigenvalue weighted by molar-refractivity contribution is 5.73. The lowest BCUT2D eigenvalue weighted by Gasteiger charge is -2.02. The summed E-state index contributed by atoms with van der Waals surface area (Å²) in [6.07, 6.45) is 0.926. The predicted octanol–water partition coefficient (Wildman–Crippen LogP) is 1.26. The molecule has 1 aromatic heterocycles. The third kappa shape index (κ3) is 2.59. The van der Waals surface area contributed by atoms with Gasteiger partial charge in [0, 0.05) is 13.5 Å². The van der Waals surface area contributed by atoms with E-state index in [4.69, 9.17) is 9.52 Å². The first-order chi connectivity index (χ1) is 7.79. The number of nitrogens with one attached hydrogen (secondary N) is 1. The van der Waals surface area contributed by atoms with Gasteiger partial charge in [-0.25, -0.2) is 4.98 Å². The number of aromatic nitrogens is 1. The Bertz CT molecular complexity index is 465. The smallest absolute Gasteiger partial charge is 0.192 e. The van der Waals surface area contributed by atoms with Crippen molar-refractivity contribution in [2.24, 2.45) is 0 Å². The van der Waals surface area contributed by atoms with Crippen molar-refractivity contribution in [2.45, 2.75) is 13.3 Å². The Morgan fingerprint density at radius 2 is 2.25 bits per heavy atom. The molecule has 0 aliphatic rings. The number of aryl methyl sites for hydroxylation is 1. The van der Waals surface area contributed by atoms with Crippen molar-refractivity contribution in [1.82, 2.24) is 10.3 Å². The molecule has 0 amide bonds. The van der Waals surface area contributed by atoms with Crippen LogP contribution in [0, 0.1) is 6.92 Å². The molecule has 4 nitrogen and oxygen atoms in total. The molecule has 0 saturated heterocycles. The fraction of sp³-hybridized carbons (Fsp3) is 0.417. The number of aliphatic hydroxyl groups is 1. The minimum absolute atomic E-state index is 0.181. The average molecular weight is 220 g/mol. The van der Waals surface area contributed by atoms with Crippen molar-refractivity contribution in [3.63, 3.8) is 0 Å². The van der Waals surface area contributed by atoms with Gasteiger partial charge in [-0.3, -0.25) is 0 Å². The Morgan fingerprint density at radius 1 is 1.38 bits per heavy atom. The van der Waals surface area contributed by atoms with Gasteiger partial charge in [0.05, 0.1) is 6.61 Å². The van der Waals surface area contributed by atoms with Crippen LogP contribution in [0.1, 0.15) is 11.5 Å². The minimum atomic E-state index is 0.181. The van der Waals surface area contributed by atoms with Crippen LogP contribution >= 0.6 is 0 Å². The van der Waals surface area contributed by atoms with E-state index in [9.17, 15) is 0 Å². The molecule has 0 bridgehead atoms. The summed E-state index contributed by atoms with van der Waals surface area (Å²) in [5, 5.41) is 11.8. The highest BCUT2D eigenvalue weighted by atomic mass is 16.3. The fourth-order valence-corrected chi connectivity index (χ4v) is 1.68. The zero-order valence-electron chi connectivity index (χ0n) is 9.36. The van der Waals surface area contributed by atoms with Crippen molar-refractivity contribution < 1.29 is 9.52 Å². The van der Waals surface area contributed by atoms with Gasteiger partial charge in [-0.15, -0.1) is 0 Å². The number of benzene rings is 1. The quantitative estimate of drug-likeness (QED) is 0.745. The fourth-order valence-electron chi connectivity index (χ4n) is 1.68. The Labute approximate surface area is 94.3 Å². The summed E-state index contributed by atoms with van der Waals surface area (Å²) in [5.74, 6) is 0.700. The van der Waals surface area contributed by atoms with Gasteiger partial charge in [0.2, 0.25) is 0 Å². The number of rotatable bonds is 5. The van der Waals surface area contributed by atoms with E-state index in [1.165, 1.54) is 5.56 Å². The van der Waals surface area contributed by atoms with Crippen LogP contribution in [0.15, 0.2) is 22.6 Å². The molecule has 0 fully saturated rings. The monoisotopic (exact) mass is 220 g/mol. The largest absolute Gasteiger partial charge is 0.441 e. The van der Waals surface area contributed by atoms with Gasteiger partial charge in [-0.2, -0.15) is 0 Å². The number of aliphatic hydroxyl groups excluding tert-OH is 1. The number of hydrogen-bond donors (Lipinski definition) is 2. The normalized spacial score (nSPS) is 11.1. The lowest BCUT2D eigenvalue weighted by atomic mass is 10.1. The molecular formula is C12H16N2O2. The van der Waals surface area contributed by atoms with E-state index in [1.54, 1.807) is 0 Å². The third-order valence-corrected chi connectivity index (χ3v) is 2.44. The Hall–Kier alpha value is -1.39. The molecular weight excluding hydrogens is 204 g/mol. The Kier molecular flexibility index (Phi) is 3.54. The summed E-state index contributed by atoms with van der Waals surface area (Å²) in [6.45, 7) is 3.53. The lowest BCUT2D eigenvalue weighted by molar-refractivity contribution is 0.293. The summed E-state index contributed by atoms with van der Waals surface area (Å²) >= 11 is 0. The van der Waals surface area contributed by atoms with E-state index in [0.29, 0.717) is 12.4 Å². The van der Waals surface area contributed by atoms with Gasteiger partial charge in [-0.1, -0.05) is 6.07 Å². The second-order valence-corrected chi connectivity index (χ2v) is 3.76. The second-order valence-electron chi connectivity index (χ2n) is 3.76. The summed E-state index contributed by atoms with van der Waals surface area (Å²) in [4.78, 5) is 4.25. The molecule has 4 heteroatoms. The molecule has 2 rings (SSSR count). The van der Waals surface area contributed by atoms with E-state index >= 15 is 0 Å². The predicted molar refractivity (Wildman–Crippen MR) is 62.4 cm³/mol. The van der Waals surface area contributed by atoms with Crippen molar-refractivity contribution in [1.29, 1.82) is 0 Å². The van der Waals surface area contributed by atoms with Crippen molar-refractivity contribution in [3.8, 4) is 0 Å². The molecule has 0 aliphatic carbocycles. The first-order valence-corrected chi connectivity index (χ1v) is 5.47. The first-order valence-electron chi connectivity index (χ1n) is 5.47. The van der Waals surface area contributed by atoms with E-state index in [0.717, 1.165) is 24.1 Å². The Balaban J connectivity index is 2.02. The molecule has 2 N–H and O–H groups in total. The van der Waals surface area contributed by atoms with E-state index in [-0.39, 0.29) is 6.61 Å². The highest BCUT2D eigenvalue weighted by Gasteiger charge is 2.02. The first kappa shape index (κ1) is 11.1. The molecule has 0 radical (unpaired) electrons. The molecule has 16 heavy (non-hydrogen) atoms. The summed E-state index contributed by atoms with van der Waals surface area (Å²) in [5.41, 5.74) is 2.97. The topological polar surface area (TPSA) is 58.3 Å². The number of hydrogen-bond acceptors (Lipinski definition) is 4. The Morgan fingerprint density at radius 3 is 3.06 bits per heavy atom. The van der Waals surface area contributed by atoms with Gasteiger partial charge < -0.3 is 14.8 Å². The van der Waals surface area contributed by atoms with Crippen molar-refractivity contribution >= 4 is 11.1 Å². The van der Waals surface area contributed by atoms with Gasteiger partial charge in [0.15, 0.2) is 11.5 Å². The minimum Gasteiger partial charge on any atom is -0.441 e. The van der Waals surface area contributed by atoms with Crippen molar-refractivity contribution in [2.75, 3.05) is 19.7 Å². The lowest BCUT2D eigenvalue weighted by Crippen LogP contribution is -2.20. The molecule has 0 atom stereocenters. The van der Waals surface area contributed by atoms with Crippen LogP contribution in [0.2, 0.25) is 0 Å². The molecule has 1 heterocycles. The zero-order valence-corrected chi connectivity index (χ0v) is 9.36. The number of nitrogens with zero attached hydrogens (tertiary/aromatic N) is 1. The molecule has 0 saturated carbocycles. The molecule has 0 aliphatic heterocycles. The van der Waals surface area contributed by atoms with E-state index in [1.807, 2.05) is 19.1 Å². The maximum absolute atomic E-state index is 8.62. The standard InChI is InChI=1S/C12H16N2O2/c1-9-14-11-3-2-10(8-12(11)16-9)4-5-13-6-7-15/h2-3,8,13,15H,4-7H2,1H3. The van der Waals surface area contributed by atoms with Crippen LogP contribution in [0.25, 0.3) is 11.1 Å². The van der Waals surface area contributed by atoms with Crippen molar-refractivity contribution in [3.05, 3.63) is 29.7 Å². The third-order valence-electron chi connectivity index (χ3n) is 2.44. The van der Waals surface area contributed by atoms with Crippen LogP contribution in [-0.4, -0.2) is 29.8 Å². The second kappa shape index (κ2) is 5.09. The van der Waals surface area contributed by atoms with Gasteiger partial charge in [0.25, 0.3) is 0 Å². The summed E-state index contributed by atoms with van der Waals surface area (Å²) in [7, 11) is 0. The molecule has 0 unspecified atom stereocenters. The highest BCUT2D eigenvalue weighted by Crippen LogP contribution is 2.16. The van der Waals surface area contributed by atoms with Crippen LogP contribution in [0.5, 0.6) is 0 Å². The van der Waals surface area contributed by atoms with Gasteiger partial charge in [-0.05, 0) is 30.7 Å². The van der Waals surface area contributed by atoms with Crippen LogP contribution in [0.3, 0.4) is 0 Å². The molecule has 1 aromatic carbocycles. The number of oxazole rings is 1. The van der Waals surface area contributed by atoms with Crippen LogP contribution in [-0.2, 0) is 6.42 Å². The molecule has 2 aromatic rings. The summed E-state index contributed by atoms with van der Waals surface area (Å²) in [6, 6.07) is 6.06.